The van der Waals surface area contributed by atoms with Gasteiger partial charge < -0.3 is 4.74 Å². The van der Waals surface area contributed by atoms with E-state index < -0.39 is 0 Å². The molecule has 2 aromatic rings. The number of rotatable bonds is 6. The number of benzene rings is 2. The zero-order valence-corrected chi connectivity index (χ0v) is 15.4. The molecule has 0 heterocycles. The lowest BCUT2D eigenvalue weighted by molar-refractivity contribution is 0.0802. The topological polar surface area (TPSA) is 9.23 Å². The Hall–Kier alpha value is -1.76. The Morgan fingerprint density at radius 3 is 1.61 bits per heavy atom. The minimum atomic E-state index is -0.0754. The third kappa shape index (κ3) is 3.96. The van der Waals surface area contributed by atoms with Crippen molar-refractivity contribution in [3.05, 3.63) is 65.2 Å². The summed E-state index contributed by atoms with van der Waals surface area (Å²) in [5, 5.41) is 0. The first-order valence-corrected chi connectivity index (χ1v) is 8.67. The van der Waals surface area contributed by atoms with Gasteiger partial charge in [0.25, 0.3) is 0 Å². The summed E-state index contributed by atoms with van der Waals surface area (Å²) in [7, 11) is 0. The first-order valence-electron chi connectivity index (χ1n) is 8.67. The molecule has 0 saturated carbocycles. The summed E-state index contributed by atoms with van der Waals surface area (Å²) in [6.07, 6.45) is 2.03. The van der Waals surface area contributed by atoms with Crippen molar-refractivity contribution in [3.63, 3.8) is 0 Å². The van der Waals surface area contributed by atoms with Gasteiger partial charge in [-0.2, -0.15) is 0 Å². The van der Waals surface area contributed by atoms with Crippen molar-refractivity contribution in [2.24, 2.45) is 0 Å². The van der Waals surface area contributed by atoms with Crippen molar-refractivity contribution >= 4 is 0 Å². The molecule has 0 aliphatic heterocycles. The van der Waals surface area contributed by atoms with E-state index in [-0.39, 0.29) is 11.0 Å². The molecule has 1 heteroatoms. The highest BCUT2D eigenvalue weighted by Gasteiger charge is 2.24. The zero-order valence-electron chi connectivity index (χ0n) is 15.4. The van der Waals surface area contributed by atoms with E-state index in [9.17, 15) is 0 Å². The smallest absolute Gasteiger partial charge is 0.120 e. The second-order valence-corrected chi connectivity index (χ2v) is 7.27. The molecule has 0 N–H and O–H groups in total. The predicted molar refractivity (Wildman–Crippen MR) is 99.4 cm³/mol. The summed E-state index contributed by atoms with van der Waals surface area (Å²) < 4.78 is 6.19. The van der Waals surface area contributed by atoms with Crippen LogP contribution in [-0.2, 0) is 5.41 Å². The molecule has 0 atom stereocenters. The molecule has 0 amide bonds. The summed E-state index contributed by atoms with van der Waals surface area (Å²) in [6, 6.07) is 17.4. The van der Waals surface area contributed by atoms with Crippen LogP contribution in [0.5, 0.6) is 5.75 Å². The van der Waals surface area contributed by atoms with E-state index in [0.717, 1.165) is 18.6 Å². The molecule has 2 rings (SSSR count). The first kappa shape index (κ1) is 17.6. The standard InChI is InChI=1S/C22H30O/c1-7-22(6,8-2)23-20-15-13-19(14-16-20)21(4,5)18-11-9-17(3)10-12-18/h9-16H,7-8H2,1-6H3. The van der Waals surface area contributed by atoms with Gasteiger partial charge in [0.2, 0.25) is 0 Å². The summed E-state index contributed by atoms with van der Waals surface area (Å²) in [5.41, 5.74) is 3.86. The molecule has 23 heavy (non-hydrogen) atoms. The van der Waals surface area contributed by atoms with E-state index >= 15 is 0 Å². The fourth-order valence-electron chi connectivity index (χ4n) is 2.76. The quantitative estimate of drug-likeness (QED) is 0.610. The van der Waals surface area contributed by atoms with Gasteiger partial charge in [0.15, 0.2) is 0 Å². The third-order valence-electron chi connectivity index (χ3n) is 5.21. The number of hydrogen-bond donors (Lipinski definition) is 0. The molecule has 0 radical (unpaired) electrons. The molecular formula is C22H30O. The predicted octanol–water partition coefficient (Wildman–Crippen LogP) is 6.28. The Morgan fingerprint density at radius 2 is 1.17 bits per heavy atom. The van der Waals surface area contributed by atoms with E-state index in [1.54, 1.807) is 0 Å². The summed E-state index contributed by atoms with van der Waals surface area (Å²) in [5.74, 6) is 0.958. The minimum Gasteiger partial charge on any atom is -0.488 e. The number of aryl methyl sites for hydroxylation is 1. The Balaban J connectivity index is 2.23. The molecule has 0 fully saturated rings. The molecule has 0 aliphatic rings. The average Bonchev–Trinajstić information content (AvgIpc) is 2.55. The van der Waals surface area contributed by atoms with Crippen LogP contribution in [0.1, 0.15) is 64.2 Å². The SMILES string of the molecule is CCC(C)(CC)Oc1ccc(C(C)(C)c2ccc(C)cc2)cc1. The maximum Gasteiger partial charge on any atom is 0.120 e. The van der Waals surface area contributed by atoms with Gasteiger partial charge in [0.05, 0.1) is 0 Å². The van der Waals surface area contributed by atoms with Gasteiger partial charge in [-0.15, -0.1) is 0 Å². The first-order chi connectivity index (χ1) is 10.8. The molecule has 2 aromatic carbocycles. The van der Waals surface area contributed by atoms with Gasteiger partial charge in [-0.25, -0.2) is 0 Å². The largest absolute Gasteiger partial charge is 0.488 e. The van der Waals surface area contributed by atoms with Crippen molar-refractivity contribution < 1.29 is 4.74 Å². The monoisotopic (exact) mass is 310 g/mol. The van der Waals surface area contributed by atoms with Crippen molar-refractivity contribution in [3.8, 4) is 5.75 Å². The molecule has 0 bridgehead atoms. The maximum absolute atomic E-state index is 6.19. The summed E-state index contributed by atoms with van der Waals surface area (Å²) in [4.78, 5) is 0. The molecule has 0 unspecified atom stereocenters. The number of ether oxygens (including phenoxy) is 1. The number of hydrogen-bond acceptors (Lipinski definition) is 1. The van der Waals surface area contributed by atoms with Crippen LogP contribution in [0, 0.1) is 6.92 Å². The Morgan fingerprint density at radius 1 is 0.739 bits per heavy atom. The molecule has 0 saturated heterocycles. The van der Waals surface area contributed by atoms with Crippen LogP contribution in [-0.4, -0.2) is 5.60 Å². The maximum atomic E-state index is 6.19. The summed E-state index contributed by atoms with van der Waals surface area (Å²) in [6.45, 7) is 13.2. The van der Waals surface area contributed by atoms with E-state index in [0.29, 0.717) is 0 Å². The molecule has 0 aliphatic carbocycles. The molecule has 0 spiro atoms. The zero-order chi connectivity index (χ0) is 17.1. The molecular weight excluding hydrogens is 280 g/mol. The molecule has 0 aromatic heterocycles. The van der Waals surface area contributed by atoms with E-state index in [2.05, 4.69) is 90.1 Å². The lowest BCUT2D eigenvalue weighted by Crippen LogP contribution is -2.30. The van der Waals surface area contributed by atoms with Crippen LogP contribution < -0.4 is 4.74 Å². The van der Waals surface area contributed by atoms with Gasteiger partial charge in [0, 0.05) is 5.41 Å². The van der Waals surface area contributed by atoms with Crippen molar-refractivity contribution in [2.75, 3.05) is 0 Å². The lowest BCUT2D eigenvalue weighted by atomic mass is 9.78. The highest BCUT2D eigenvalue weighted by molar-refractivity contribution is 5.40. The minimum absolute atomic E-state index is 0.00888. The van der Waals surface area contributed by atoms with Gasteiger partial charge >= 0.3 is 0 Å². The second kappa shape index (κ2) is 6.78. The molecule has 124 valence electrons. The Labute approximate surface area is 141 Å². The fraction of sp³-hybridized carbons (Fsp3) is 0.455. The third-order valence-corrected chi connectivity index (χ3v) is 5.21. The second-order valence-electron chi connectivity index (χ2n) is 7.27. The average molecular weight is 310 g/mol. The Kier molecular flexibility index (Phi) is 5.19. The van der Waals surface area contributed by atoms with Crippen LogP contribution in [0.3, 0.4) is 0 Å². The van der Waals surface area contributed by atoms with Crippen molar-refractivity contribution in [2.45, 2.75) is 65.4 Å². The van der Waals surface area contributed by atoms with Crippen LogP contribution in [0.2, 0.25) is 0 Å². The van der Waals surface area contributed by atoms with Crippen molar-refractivity contribution in [1.82, 2.24) is 0 Å². The van der Waals surface area contributed by atoms with E-state index in [1.165, 1.54) is 16.7 Å². The highest BCUT2D eigenvalue weighted by Crippen LogP contribution is 2.33. The summed E-state index contributed by atoms with van der Waals surface area (Å²) >= 11 is 0. The van der Waals surface area contributed by atoms with Crippen LogP contribution in [0.15, 0.2) is 48.5 Å². The lowest BCUT2D eigenvalue weighted by Gasteiger charge is -2.30. The van der Waals surface area contributed by atoms with Crippen molar-refractivity contribution in [1.29, 1.82) is 0 Å². The highest BCUT2D eigenvalue weighted by atomic mass is 16.5. The van der Waals surface area contributed by atoms with E-state index in [4.69, 9.17) is 4.74 Å². The van der Waals surface area contributed by atoms with E-state index in [1.807, 2.05) is 0 Å². The Bertz CT molecular complexity index is 616. The van der Waals surface area contributed by atoms with Crippen LogP contribution in [0.4, 0.5) is 0 Å². The van der Waals surface area contributed by atoms with Gasteiger partial charge in [-0.3, -0.25) is 0 Å². The van der Waals surface area contributed by atoms with Crippen LogP contribution >= 0.6 is 0 Å². The van der Waals surface area contributed by atoms with Crippen LogP contribution in [0.25, 0.3) is 0 Å². The molecule has 1 nitrogen and oxygen atoms in total. The van der Waals surface area contributed by atoms with Gasteiger partial charge in [0.1, 0.15) is 11.4 Å². The fourth-order valence-corrected chi connectivity index (χ4v) is 2.76. The van der Waals surface area contributed by atoms with Gasteiger partial charge in [-0.05, 0) is 49.9 Å². The van der Waals surface area contributed by atoms with Gasteiger partial charge in [-0.1, -0.05) is 69.7 Å². The normalized spacial score (nSPS) is 12.3.